The molecule has 0 unspecified atom stereocenters. The molecular formula is C58H74N8O18. The number of carbonyl (C=O) groups excluding carboxylic acids is 10. The summed E-state index contributed by atoms with van der Waals surface area (Å²) in [7, 11) is 1.28. The third kappa shape index (κ3) is 14.3. The lowest BCUT2D eigenvalue weighted by molar-refractivity contribution is -0.249. The summed E-state index contributed by atoms with van der Waals surface area (Å²) < 4.78 is 17.8. The molecule has 2 aromatic carbocycles. The average Bonchev–Trinajstić information content (AvgIpc) is 0.860. The second kappa shape index (κ2) is 27.2. The van der Waals surface area contributed by atoms with Gasteiger partial charge in [-0.3, -0.25) is 52.9 Å². The number of carbonyl (C=O) groups is 10. The number of methoxy groups -OCH3 is 1. The van der Waals surface area contributed by atoms with Gasteiger partial charge in [-0.15, -0.1) is 0 Å². The fourth-order valence-electron chi connectivity index (χ4n) is 11.2. The van der Waals surface area contributed by atoms with Crippen molar-refractivity contribution in [2.75, 3.05) is 33.4 Å². The van der Waals surface area contributed by atoms with Crippen molar-refractivity contribution >= 4 is 58.7 Å². The lowest BCUT2D eigenvalue weighted by Gasteiger charge is -2.43. The van der Waals surface area contributed by atoms with Gasteiger partial charge in [0.15, 0.2) is 17.9 Å². The number of likely N-dealkylation sites (tertiary alicyclic amines) is 1. The van der Waals surface area contributed by atoms with Crippen molar-refractivity contribution in [1.82, 2.24) is 41.8 Å². The van der Waals surface area contributed by atoms with Crippen molar-refractivity contribution in [2.24, 2.45) is 11.8 Å². The number of ketones is 3. The van der Waals surface area contributed by atoms with E-state index in [2.05, 4.69) is 36.9 Å². The van der Waals surface area contributed by atoms with Gasteiger partial charge < -0.3 is 76.5 Å². The smallest absolute Gasteiger partial charge is 0.243 e. The SMILES string of the molecule is COc1cccc2c1C(=O)c1c(O)c3c(c(O)c1C2=O)C[C@@](O)(C(=O)CO)C[C@@H]3O[C@H]1C[C@H](NC(=O)[C@H](Cc2ccncc2)NC(=O)[C@H](CC(C)C)NC(=O)CNC(=O)[C@H](CC(C)C)NC(=O)[C@@H]2CCCN2C(=O)CNC(C)=O)[C@H](O)[C@H](C)O1. The molecule has 3 heterocycles. The molecule has 2 fully saturated rings. The highest BCUT2D eigenvalue weighted by molar-refractivity contribution is 6.31. The van der Waals surface area contributed by atoms with E-state index in [4.69, 9.17) is 14.2 Å². The summed E-state index contributed by atoms with van der Waals surface area (Å²) in [6, 6.07) is 1.59. The van der Waals surface area contributed by atoms with Gasteiger partial charge in [0.2, 0.25) is 47.1 Å². The summed E-state index contributed by atoms with van der Waals surface area (Å²) in [5, 5.41) is 73.0. The van der Waals surface area contributed by atoms with Gasteiger partial charge in [-0.2, -0.15) is 0 Å². The van der Waals surface area contributed by atoms with Crippen LogP contribution in [0.25, 0.3) is 0 Å². The summed E-state index contributed by atoms with van der Waals surface area (Å²) in [5.41, 5.74) is -4.05. The van der Waals surface area contributed by atoms with E-state index in [0.29, 0.717) is 18.4 Å². The Morgan fingerprint density at radius 2 is 1.50 bits per heavy atom. The minimum Gasteiger partial charge on any atom is -0.507 e. The molecule has 84 heavy (non-hydrogen) atoms. The van der Waals surface area contributed by atoms with Gasteiger partial charge in [0.25, 0.3) is 0 Å². The number of nitrogens with one attached hydrogen (secondary N) is 6. The van der Waals surface area contributed by atoms with E-state index < -0.39 is 168 Å². The maximum atomic E-state index is 14.6. The van der Waals surface area contributed by atoms with Gasteiger partial charge in [-0.25, -0.2) is 0 Å². The van der Waals surface area contributed by atoms with Gasteiger partial charge in [0.05, 0.1) is 55.1 Å². The lowest BCUT2D eigenvalue weighted by Crippen LogP contribution is -2.60. The van der Waals surface area contributed by atoms with Crippen molar-refractivity contribution < 1.29 is 87.7 Å². The van der Waals surface area contributed by atoms with Gasteiger partial charge in [-0.05, 0) is 68.2 Å². The number of aliphatic hydroxyl groups excluding tert-OH is 2. The molecule has 7 amide bonds. The number of rotatable bonds is 23. The number of phenols is 2. The van der Waals surface area contributed by atoms with E-state index >= 15 is 0 Å². The third-order valence-electron chi connectivity index (χ3n) is 15.4. The van der Waals surface area contributed by atoms with E-state index in [1.54, 1.807) is 26.0 Å². The number of pyridine rings is 1. The first kappa shape index (κ1) is 63.7. The molecule has 0 radical (unpaired) electrons. The van der Waals surface area contributed by atoms with Gasteiger partial charge in [0.1, 0.15) is 59.7 Å². The number of aliphatic hydroxyl groups is 3. The molecule has 26 heteroatoms. The zero-order valence-corrected chi connectivity index (χ0v) is 47.8. The van der Waals surface area contributed by atoms with Crippen LogP contribution in [0.2, 0.25) is 0 Å². The number of fused-ring (bicyclic) bond motifs is 3. The average molecular weight is 1170 g/mol. The van der Waals surface area contributed by atoms with E-state index in [1.807, 2.05) is 13.8 Å². The Kier molecular flexibility index (Phi) is 20.6. The number of Topliss-reactive ketones (excluding diaryl/α,β-unsaturated/α-hetero) is 1. The van der Waals surface area contributed by atoms with Gasteiger partial charge >= 0.3 is 0 Å². The number of ether oxygens (including phenoxy) is 3. The molecule has 2 aliphatic heterocycles. The molecule has 4 aliphatic rings. The molecular weight excluding hydrogens is 1100 g/mol. The zero-order valence-electron chi connectivity index (χ0n) is 47.8. The lowest BCUT2D eigenvalue weighted by atomic mass is 9.72. The highest BCUT2D eigenvalue weighted by atomic mass is 16.7. The number of hydrogen-bond donors (Lipinski definition) is 11. The number of amides is 7. The second-order valence-corrected chi connectivity index (χ2v) is 22.5. The standard InChI is InChI=1S/C58H74N8O18/c1-27(2)18-35(65-57(80)38-11-9-17-66(38)43(71)25-60-30(6)68)54(77)61-24-42(70)62-36(19-28(3)4)55(78)64-37(20-31-13-15-59-16-14-31)56(79)63-34-21-44(83-29(5)49(34)72)84-40-23-58(81,41(69)26-67)22-33-46(40)53(76)48-47(51(33)74)50(73)32-10-8-12-39(82-7)45(32)52(48)75/h8,10,12-16,27-29,34-38,40,44,49,67,72,74,76,81H,9,11,17-26H2,1-7H3,(H,60,68)(H,61,77)(H,62,70)(H,63,79)(H,64,78)(H,65,80)/t29-,34-,35-,36-,37-,38-,40-,44-,49+,58-/m0/s1. The Hall–Kier alpha value is -7.91. The number of aromatic hydroxyl groups is 2. The molecule has 2 saturated heterocycles. The van der Waals surface area contributed by atoms with Crippen LogP contribution >= 0.6 is 0 Å². The highest BCUT2D eigenvalue weighted by Crippen LogP contribution is 2.52. The summed E-state index contributed by atoms with van der Waals surface area (Å²) in [4.78, 5) is 141. The fraction of sp³-hybridized carbons (Fsp3) is 0.534. The Morgan fingerprint density at radius 3 is 2.14 bits per heavy atom. The van der Waals surface area contributed by atoms with Crippen LogP contribution < -0.4 is 36.6 Å². The van der Waals surface area contributed by atoms with Crippen LogP contribution in [0, 0.1) is 11.8 Å². The van der Waals surface area contributed by atoms with Gasteiger partial charge in [0, 0.05) is 68.2 Å². The van der Waals surface area contributed by atoms with Crippen molar-refractivity contribution in [2.45, 2.75) is 153 Å². The van der Waals surface area contributed by atoms with Crippen LogP contribution in [-0.2, 0) is 60.7 Å². The van der Waals surface area contributed by atoms with Crippen LogP contribution in [0.3, 0.4) is 0 Å². The number of benzene rings is 2. The maximum Gasteiger partial charge on any atom is 0.243 e. The molecule has 7 rings (SSSR count). The number of nitrogens with zero attached hydrogens (tertiary/aromatic N) is 2. The second-order valence-electron chi connectivity index (χ2n) is 22.5. The number of phenolic OH excluding ortho intramolecular Hbond substituents is 2. The first-order chi connectivity index (χ1) is 39.8. The molecule has 11 N–H and O–H groups in total. The van der Waals surface area contributed by atoms with Gasteiger partial charge in [-0.1, -0.05) is 39.8 Å². The van der Waals surface area contributed by atoms with E-state index in [9.17, 15) is 73.5 Å². The highest BCUT2D eigenvalue weighted by Gasteiger charge is 2.51. The topological polar surface area (TPSA) is 388 Å². The quantitative estimate of drug-likeness (QED) is 0.0420. The van der Waals surface area contributed by atoms with Crippen LogP contribution in [0.15, 0.2) is 42.7 Å². The molecule has 0 saturated carbocycles. The summed E-state index contributed by atoms with van der Waals surface area (Å²) in [5.74, 6) is -9.29. The molecule has 0 bridgehead atoms. The molecule has 0 spiro atoms. The molecule has 454 valence electrons. The Bertz CT molecular complexity index is 3050. The summed E-state index contributed by atoms with van der Waals surface area (Å²) in [6.45, 7) is 8.19. The third-order valence-corrected chi connectivity index (χ3v) is 15.4. The first-order valence-corrected chi connectivity index (χ1v) is 27.9. The summed E-state index contributed by atoms with van der Waals surface area (Å²) >= 11 is 0. The molecule has 26 nitrogen and oxygen atoms in total. The predicted octanol–water partition coefficient (Wildman–Crippen LogP) is -0.414. The molecule has 1 aromatic heterocycles. The van der Waals surface area contributed by atoms with Crippen molar-refractivity contribution in [3.63, 3.8) is 0 Å². The minimum absolute atomic E-state index is 0.00623. The molecule has 3 aromatic rings. The molecule has 10 atom stereocenters. The van der Waals surface area contributed by atoms with E-state index in [1.165, 1.54) is 56.4 Å². The minimum atomic E-state index is -2.46. The largest absolute Gasteiger partial charge is 0.507 e. The summed E-state index contributed by atoms with van der Waals surface area (Å²) in [6.07, 6.45) is -3.44. The number of aromatic nitrogens is 1. The Labute approximate surface area is 484 Å². The maximum absolute atomic E-state index is 14.6. The predicted molar refractivity (Wildman–Crippen MR) is 295 cm³/mol. The van der Waals surface area contributed by atoms with Crippen LogP contribution in [0.4, 0.5) is 0 Å². The zero-order chi connectivity index (χ0) is 61.5. The normalized spacial score (nSPS) is 22.8. The van der Waals surface area contributed by atoms with E-state index in [0.717, 1.165) is 0 Å². The number of hydrogen-bond acceptors (Lipinski definition) is 19. The van der Waals surface area contributed by atoms with Crippen LogP contribution in [-0.4, -0.2) is 182 Å². The van der Waals surface area contributed by atoms with Crippen molar-refractivity contribution in [3.05, 3.63) is 81.7 Å². The Balaban J connectivity index is 1.07. The van der Waals surface area contributed by atoms with Crippen LogP contribution in [0.1, 0.15) is 135 Å². The molecule has 2 aliphatic carbocycles. The fourth-order valence-corrected chi connectivity index (χ4v) is 11.2. The van der Waals surface area contributed by atoms with Crippen molar-refractivity contribution in [1.29, 1.82) is 0 Å². The Morgan fingerprint density at radius 1 is 0.833 bits per heavy atom. The van der Waals surface area contributed by atoms with E-state index in [-0.39, 0.29) is 78.6 Å². The monoisotopic (exact) mass is 1170 g/mol. The van der Waals surface area contributed by atoms with Crippen molar-refractivity contribution in [3.8, 4) is 17.2 Å². The van der Waals surface area contributed by atoms with Crippen LogP contribution in [0.5, 0.6) is 17.2 Å². The first-order valence-electron chi connectivity index (χ1n) is 27.9.